The molecule has 2 aromatic rings. The third-order valence-electron chi connectivity index (χ3n) is 3.65. The van der Waals surface area contributed by atoms with Gasteiger partial charge in [0, 0.05) is 12.1 Å². The number of hydrogen-bond donors (Lipinski definition) is 4. The maximum absolute atomic E-state index is 12.3. The van der Waals surface area contributed by atoms with Crippen molar-refractivity contribution in [1.82, 2.24) is 9.97 Å². The highest BCUT2D eigenvalue weighted by Crippen LogP contribution is 2.28. The van der Waals surface area contributed by atoms with Crippen LogP contribution in [0.25, 0.3) is 0 Å². The Kier molecular flexibility index (Phi) is 3.90. The molecule has 1 aromatic carbocycles. The van der Waals surface area contributed by atoms with Crippen LogP contribution in [-0.4, -0.2) is 28.9 Å². The molecule has 0 radical (unpaired) electrons. The fraction of sp³-hybridized carbons (Fsp3) is 0.200. The maximum Gasteiger partial charge on any atom is 0.258 e. The topological polar surface area (TPSA) is 139 Å². The molecule has 3 rings (SSSR count). The summed E-state index contributed by atoms with van der Waals surface area (Å²) < 4.78 is 5.07. The van der Waals surface area contributed by atoms with Crippen LogP contribution in [0.15, 0.2) is 29.1 Å². The van der Waals surface area contributed by atoms with Gasteiger partial charge in [0.1, 0.15) is 11.6 Å². The zero-order valence-electron chi connectivity index (χ0n) is 12.8. The molecule has 9 heteroatoms. The van der Waals surface area contributed by atoms with Gasteiger partial charge in [0.05, 0.1) is 18.6 Å². The van der Waals surface area contributed by atoms with E-state index in [4.69, 9.17) is 10.5 Å². The summed E-state index contributed by atoms with van der Waals surface area (Å²) >= 11 is 0. The molecule has 0 unspecified atom stereocenters. The number of nitrogens with zero attached hydrogens (tertiary/aromatic N) is 1. The summed E-state index contributed by atoms with van der Waals surface area (Å²) in [6, 6.07) is 6.96. The van der Waals surface area contributed by atoms with Crippen molar-refractivity contribution in [3.8, 4) is 5.75 Å². The lowest BCUT2D eigenvalue weighted by Crippen LogP contribution is -2.36. The van der Waals surface area contributed by atoms with E-state index in [2.05, 4.69) is 20.6 Å². The molecule has 0 saturated carbocycles. The predicted molar refractivity (Wildman–Crippen MR) is 86.3 cm³/mol. The molecule has 0 spiro atoms. The third-order valence-corrected chi connectivity index (χ3v) is 3.65. The lowest BCUT2D eigenvalue weighted by atomic mass is 9.93. The van der Waals surface area contributed by atoms with Crippen LogP contribution < -0.4 is 26.7 Å². The van der Waals surface area contributed by atoms with Gasteiger partial charge in [0.2, 0.25) is 17.8 Å². The number of nitrogens with one attached hydrogen (secondary N) is 3. The first-order chi connectivity index (χ1) is 11.5. The number of benzene rings is 1. The third kappa shape index (κ3) is 2.91. The number of hydrogen-bond acceptors (Lipinski definition) is 6. The summed E-state index contributed by atoms with van der Waals surface area (Å²) in [5.74, 6) is -1.29. The maximum atomic E-state index is 12.3. The predicted octanol–water partition coefficient (Wildman–Crippen LogP) is 0.433. The highest BCUT2D eigenvalue weighted by Gasteiger charge is 2.33. The molecule has 0 saturated heterocycles. The van der Waals surface area contributed by atoms with Gasteiger partial charge in [-0.3, -0.25) is 19.4 Å². The zero-order chi connectivity index (χ0) is 17.3. The number of rotatable bonds is 4. The monoisotopic (exact) mass is 329 g/mol. The van der Waals surface area contributed by atoms with Crippen molar-refractivity contribution in [3.63, 3.8) is 0 Å². The van der Waals surface area contributed by atoms with E-state index in [9.17, 15) is 14.4 Å². The number of aromatic nitrogens is 2. The molecule has 2 amide bonds. The summed E-state index contributed by atoms with van der Waals surface area (Å²) in [5, 5.41) is 5.41. The van der Waals surface area contributed by atoms with Gasteiger partial charge in [-0.2, -0.15) is 4.98 Å². The summed E-state index contributed by atoms with van der Waals surface area (Å²) in [6.45, 7) is 0. The fourth-order valence-corrected chi connectivity index (χ4v) is 2.48. The first-order valence-electron chi connectivity index (χ1n) is 7.12. The second-order valence-electron chi connectivity index (χ2n) is 5.24. The first-order valence-corrected chi connectivity index (χ1v) is 7.12. The van der Waals surface area contributed by atoms with Crippen molar-refractivity contribution in [2.24, 2.45) is 5.73 Å². The Morgan fingerprint density at radius 2 is 2.04 bits per heavy atom. The molecule has 0 bridgehead atoms. The minimum absolute atomic E-state index is 0.0369. The van der Waals surface area contributed by atoms with Crippen molar-refractivity contribution >= 4 is 29.3 Å². The zero-order valence-corrected chi connectivity index (χ0v) is 12.8. The van der Waals surface area contributed by atoms with Gasteiger partial charge in [-0.05, 0) is 24.3 Å². The van der Waals surface area contributed by atoms with Crippen LogP contribution in [0.2, 0.25) is 0 Å². The number of H-pyrrole nitrogens is 1. The van der Waals surface area contributed by atoms with Crippen LogP contribution in [0.3, 0.4) is 0 Å². The van der Waals surface area contributed by atoms with E-state index in [1.165, 1.54) is 0 Å². The van der Waals surface area contributed by atoms with E-state index >= 15 is 0 Å². The fourth-order valence-electron chi connectivity index (χ4n) is 2.48. The quantitative estimate of drug-likeness (QED) is 0.641. The standard InChI is InChI=1S/C15H15N5O4/c1-24-8-4-2-7(3-5-8)17-15-19-13-11(14(23)20-15)9(12(16)22)6-10(21)18-13/h2-5,9H,6H2,1H3,(H2,16,22)(H3,17,18,19,20,21,23)/t9-/m0/s1. The summed E-state index contributed by atoms with van der Waals surface area (Å²) in [7, 11) is 1.56. The van der Waals surface area contributed by atoms with Crippen LogP contribution >= 0.6 is 0 Å². The van der Waals surface area contributed by atoms with Gasteiger partial charge < -0.3 is 21.1 Å². The second-order valence-corrected chi connectivity index (χ2v) is 5.24. The molecule has 0 fully saturated rings. The van der Waals surface area contributed by atoms with E-state index in [0.29, 0.717) is 11.4 Å². The summed E-state index contributed by atoms with van der Waals surface area (Å²) in [6.07, 6.45) is -0.168. The van der Waals surface area contributed by atoms with Gasteiger partial charge in [-0.1, -0.05) is 0 Å². The molecule has 124 valence electrons. The van der Waals surface area contributed by atoms with Crippen molar-refractivity contribution in [1.29, 1.82) is 0 Å². The number of fused-ring (bicyclic) bond motifs is 1. The number of carbonyl (C=O) groups excluding carboxylic acids is 2. The van der Waals surface area contributed by atoms with Crippen LogP contribution in [0.5, 0.6) is 5.75 Å². The van der Waals surface area contributed by atoms with Gasteiger partial charge in [-0.25, -0.2) is 0 Å². The van der Waals surface area contributed by atoms with Crippen LogP contribution in [0.1, 0.15) is 17.9 Å². The molecule has 9 nitrogen and oxygen atoms in total. The lowest BCUT2D eigenvalue weighted by Gasteiger charge is -2.21. The normalized spacial score (nSPS) is 16.0. The molecule has 1 aromatic heterocycles. The molecule has 2 heterocycles. The molecular weight excluding hydrogens is 314 g/mol. The van der Waals surface area contributed by atoms with Crippen molar-refractivity contribution in [2.45, 2.75) is 12.3 Å². The lowest BCUT2D eigenvalue weighted by molar-refractivity contribution is -0.124. The molecule has 1 aliphatic rings. The number of carbonyl (C=O) groups is 2. The molecule has 5 N–H and O–H groups in total. The largest absolute Gasteiger partial charge is 0.497 e. The van der Waals surface area contributed by atoms with E-state index in [0.717, 1.165) is 0 Å². The van der Waals surface area contributed by atoms with Gasteiger partial charge in [0.25, 0.3) is 5.56 Å². The Labute approximate surface area is 136 Å². The Bertz CT molecular complexity index is 859. The average Bonchev–Trinajstić information content (AvgIpc) is 2.54. The van der Waals surface area contributed by atoms with Crippen LogP contribution in [-0.2, 0) is 9.59 Å². The summed E-state index contributed by atoms with van der Waals surface area (Å²) in [5.41, 5.74) is 5.48. The van der Waals surface area contributed by atoms with E-state index in [-0.39, 0.29) is 23.8 Å². The number of ether oxygens (including phenoxy) is 1. The molecular formula is C15H15N5O4. The highest BCUT2D eigenvalue weighted by atomic mass is 16.5. The minimum Gasteiger partial charge on any atom is -0.497 e. The molecule has 1 aliphatic heterocycles. The van der Waals surface area contributed by atoms with Crippen molar-refractivity contribution in [3.05, 3.63) is 40.2 Å². The van der Waals surface area contributed by atoms with Gasteiger partial charge in [0.15, 0.2) is 0 Å². The van der Waals surface area contributed by atoms with Gasteiger partial charge in [-0.15, -0.1) is 0 Å². The average molecular weight is 329 g/mol. The van der Waals surface area contributed by atoms with E-state index in [1.807, 2.05) is 0 Å². The Balaban J connectivity index is 1.95. The SMILES string of the molecule is COc1ccc(Nc2nc3c(c(=O)[nH]2)[C@@H](C(N)=O)CC(=O)N3)cc1. The van der Waals surface area contributed by atoms with Crippen molar-refractivity contribution < 1.29 is 14.3 Å². The van der Waals surface area contributed by atoms with E-state index in [1.54, 1.807) is 31.4 Å². The first kappa shape index (κ1) is 15.5. The number of anilines is 3. The highest BCUT2D eigenvalue weighted by molar-refractivity contribution is 5.99. The Hall–Kier alpha value is -3.36. The minimum atomic E-state index is -0.986. The van der Waals surface area contributed by atoms with Crippen LogP contribution in [0, 0.1) is 0 Å². The van der Waals surface area contributed by atoms with Crippen molar-refractivity contribution in [2.75, 3.05) is 17.7 Å². The second kappa shape index (κ2) is 6.03. The smallest absolute Gasteiger partial charge is 0.258 e. The van der Waals surface area contributed by atoms with Crippen LogP contribution in [0.4, 0.5) is 17.5 Å². The number of amides is 2. The summed E-state index contributed by atoms with van der Waals surface area (Å²) in [4.78, 5) is 42.2. The number of methoxy groups -OCH3 is 1. The van der Waals surface area contributed by atoms with E-state index < -0.39 is 23.3 Å². The number of aromatic amines is 1. The molecule has 1 atom stereocenters. The molecule has 24 heavy (non-hydrogen) atoms. The molecule has 0 aliphatic carbocycles. The Morgan fingerprint density at radius 3 is 2.67 bits per heavy atom. The number of nitrogens with two attached hydrogens (primary N) is 1. The Morgan fingerprint density at radius 1 is 1.33 bits per heavy atom. The van der Waals surface area contributed by atoms with Gasteiger partial charge >= 0.3 is 0 Å². The number of primary amides is 1.